The van der Waals surface area contributed by atoms with E-state index in [0.29, 0.717) is 44.4 Å². The van der Waals surface area contributed by atoms with Gasteiger partial charge in [0.15, 0.2) is 0 Å². The zero-order valence-corrected chi connectivity index (χ0v) is 21.5. The van der Waals surface area contributed by atoms with Gasteiger partial charge in [-0.1, -0.05) is 18.2 Å². The van der Waals surface area contributed by atoms with Crippen LogP contribution < -0.4 is 9.80 Å². The van der Waals surface area contributed by atoms with E-state index >= 15 is 0 Å². The fraction of sp³-hybridized carbons (Fsp3) is 0.556. The van der Waals surface area contributed by atoms with Crippen molar-refractivity contribution < 1.29 is 9.59 Å². The van der Waals surface area contributed by atoms with Gasteiger partial charge in [-0.15, -0.1) is 0 Å². The summed E-state index contributed by atoms with van der Waals surface area (Å²) < 4.78 is 0. The molecule has 1 unspecified atom stereocenters. The minimum absolute atomic E-state index is 0.0100. The van der Waals surface area contributed by atoms with Gasteiger partial charge < -0.3 is 19.6 Å². The lowest BCUT2D eigenvalue weighted by atomic mass is 9.99. The number of fused-ring (bicyclic) bond motifs is 1. The van der Waals surface area contributed by atoms with Crippen molar-refractivity contribution in [2.75, 3.05) is 42.5 Å². The van der Waals surface area contributed by atoms with Crippen LogP contribution in [0.5, 0.6) is 0 Å². The van der Waals surface area contributed by atoms with Crippen LogP contribution in [0, 0.1) is 13.8 Å². The van der Waals surface area contributed by atoms with Crippen molar-refractivity contribution in [1.82, 2.24) is 19.8 Å². The minimum Gasteiger partial charge on any atom is -0.349 e. The Hall–Kier alpha value is -3.16. The molecule has 0 spiro atoms. The number of piperazine rings is 1. The first kappa shape index (κ1) is 23.6. The van der Waals surface area contributed by atoms with Crippen molar-refractivity contribution in [1.29, 1.82) is 0 Å². The molecule has 0 saturated carbocycles. The molecule has 1 aromatic carbocycles. The maximum absolute atomic E-state index is 13.4. The predicted molar refractivity (Wildman–Crippen MR) is 137 cm³/mol. The third-order valence-corrected chi connectivity index (χ3v) is 7.84. The molecule has 2 aromatic rings. The van der Waals surface area contributed by atoms with E-state index in [1.54, 1.807) is 6.92 Å². The monoisotopic (exact) mass is 476 g/mol. The molecule has 186 valence electrons. The van der Waals surface area contributed by atoms with Gasteiger partial charge in [-0.25, -0.2) is 4.98 Å². The maximum Gasteiger partial charge on any atom is 0.273 e. The Morgan fingerprint density at radius 1 is 1.03 bits per heavy atom. The zero-order chi connectivity index (χ0) is 24.9. The Morgan fingerprint density at radius 3 is 2.43 bits per heavy atom. The Bertz CT molecular complexity index is 1150. The molecule has 3 aliphatic rings. The third kappa shape index (κ3) is 4.23. The molecule has 2 saturated heterocycles. The van der Waals surface area contributed by atoms with E-state index in [1.165, 1.54) is 16.7 Å². The maximum atomic E-state index is 13.4. The number of carbonyl (C=O) groups excluding carboxylic acids is 2. The number of aromatic nitrogens is 2. The second kappa shape index (κ2) is 9.13. The van der Waals surface area contributed by atoms with Gasteiger partial charge in [-0.3, -0.25) is 9.59 Å². The third-order valence-electron chi connectivity index (χ3n) is 7.84. The topological polar surface area (TPSA) is 72.9 Å². The lowest BCUT2D eigenvalue weighted by molar-refractivity contribution is -0.129. The average Bonchev–Trinajstić information content (AvgIpc) is 3.45. The van der Waals surface area contributed by atoms with Crippen LogP contribution in [0.2, 0.25) is 0 Å². The number of hydrogen-bond acceptors (Lipinski definition) is 6. The van der Waals surface area contributed by atoms with E-state index in [0.717, 1.165) is 30.8 Å². The number of anilines is 2. The molecule has 8 heteroatoms. The molecule has 1 atom stereocenters. The number of rotatable bonds is 4. The molecule has 0 bridgehead atoms. The fourth-order valence-corrected chi connectivity index (χ4v) is 5.52. The van der Waals surface area contributed by atoms with Crippen molar-refractivity contribution >= 4 is 23.6 Å². The van der Waals surface area contributed by atoms with E-state index < -0.39 is 0 Å². The van der Waals surface area contributed by atoms with Gasteiger partial charge in [-0.2, -0.15) is 4.98 Å². The summed E-state index contributed by atoms with van der Waals surface area (Å²) in [5, 5.41) is 0. The van der Waals surface area contributed by atoms with Gasteiger partial charge in [-0.05, 0) is 57.2 Å². The predicted octanol–water partition coefficient (Wildman–Crippen LogP) is 3.47. The highest BCUT2D eigenvalue weighted by molar-refractivity contribution is 5.98. The summed E-state index contributed by atoms with van der Waals surface area (Å²) >= 11 is 0. The first-order valence-corrected chi connectivity index (χ1v) is 12.8. The molecule has 4 heterocycles. The van der Waals surface area contributed by atoms with Crippen molar-refractivity contribution in [2.45, 2.75) is 66.1 Å². The molecule has 35 heavy (non-hydrogen) atoms. The molecular formula is C27H36N6O2. The lowest BCUT2D eigenvalue weighted by Crippen LogP contribution is -2.48. The van der Waals surface area contributed by atoms with Crippen LogP contribution in [-0.2, 0) is 11.3 Å². The van der Waals surface area contributed by atoms with E-state index in [9.17, 15) is 9.59 Å². The normalized spacial score (nSPS) is 20.3. The summed E-state index contributed by atoms with van der Waals surface area (Å²) in [7, 11) is 0. The highest BCUT2D eigenvalue weighted by Gasteiger charge is 2.39. The molecule has 1 aromatic heterocycles. The molecule has 0 radical (unpaired) electrons. The van der Waals surface area contributed by atoms with Gasteiger partial charge in [0.25, 0.3) is 5.91 Å². The summed E-state index contributed by atoms with van der Waals surface area (Å²) in [6.45, 7) is 14.1. The average molecular weight is 477 g/mol. The highest BCUT2D eigenvalue weighted by Crippen LogP contribution is 2.41. The largest absolute Gasteiger partial charge is 0.349 e. The lowest BCUT2D eigenvalue weighted by Gasteiger charge is -2.35. The van der Waals surface area contributed by atoms with Gasteiger partial charge in [0.1, 0.15) is 11.5 Å². The van der Waals surface area contributed by atoms with Crippen LogP contribution in [0.15, 0.2) is 18.2 Å². The summed E-state index contributed by atoms with van der Waals surface area (Å²) in [6.07, 6.45) is 2.15. The molecule has 3 aliphatic heterocycles. The van der Waals surface area contributed by atoms with Crippen LogP contribution >= 0.6 is 0 Å². The van der Waals surface area contributed by atoms with Crippen molar-refractivity contribution in [3.63, 3.8) is 0 Å². The van der Waals surface area contributed by atoms with Gasteiger partial charge in [0.2, 0.25) is 11.9 Å². The molecule has 2 fully saturated rings. The smallest absolute Gasteiger partial charge is 0.273 e. The molecule has 0 aliphatic carbocycles. The second-order valence-corrected chi connectivity index (χ2v) is 10.4. The van der Waals surface area contributed by atoms with Crippen LogP contribution in [0.4, 0.5) is 11.8 Å². The summed E-state index contributed by atoms with van der Waals surface area (Å²) in [4.78, 5) is 43.4. The molecule has 8 nitrogen and oxygen atoms in total. The first-order valence-electron chi connectivity index (χ1n) is 12.8. The van der Waals surface area contributed by atoms with Crippen molar-refractivity contribution in [3.8, 4) is 0 Å². The van der Waals surface area contributed by atoms with Crippen molar-refractivity contribution in [3.05, 3.63) is 46.1 Å². The number of nitrogens with zero attached hydrogens (tertiary/aromatic N) is 6. The number of hydrogen-bond donors (Lipinski definition) is 0. The van der Waals surface area contributed by atoms with Gasteiger partial charge >= 0.3 is 0 Å². The molecule has 0 N–H and O–H groups in total. The highest BCUT2D eigenvalue weighted by atomic mass is 16.2. The number of benzene rings is 1. The number of amides is 2. The van der Waals surface area contributed by atoms with E-state index in [4.69, 9.17) is 9.97 Å². The summed E-state index contributed by atoms with van der Waals surface area (Å²) in [5.74, 6) is 1.59. The quantitative estimate of drug-likeness (QED) is 0.673. The first-order chi connectivity index (χ1) is 16.7. The number of carbonyl (C=O) groups is 2. The minimum atomic E-state index is -0.0100. The Kier molecular flexibility index (Phi) is 6.15. The van der Waals surface area contributed by atoms with Crippen molar-refractivity contribution in [2.24, 2.45) is 0 Å². The van der Waals surface area contributed by atoms with Crippen LogP contribution in [0.25, 0.3) is 0 Å². The van der Waals surface area contributed by atoms with E-state index in [2.05, 4.69) is 41.8 Å². The van der Waals surface area contributed by atoms with Crippen LogP contribution in [0.3, 0.4) is 0 Å². The van der Waals surface area contributed by atoms with Crippen LogP contribution in [-0.4, -0.2) is 70.3 Å². The van der Waals surface area contributed by atoms with E-state index in [-0.39, 0.29) is 23.9 Å². The molecule has 2 amide bonds. The van der Waals surface area contributed by atoms with Gasteiger partial charge in [0.05, 0.1) is 12.6 Å². The summed E-state index contributed by atoms with van der Waals surface area (Å²) in [6, 6.07) is 7.07. The Balaban J connectivity index is 1.54. The Labute approximate surface area is 207 Å². The molecular weight excluding hydrogens is 440 g/mol. The SMILES string of the molecule is CC(=O)N1CCN(c2nc3c(c(N4CCCC4c4ccc(C)c(C)c4)n2)CN(C(C)C)C3=O)CC1. The second-order valence-electron chi connectivity index (χ2n) is 10.4. The Morgan fingerprint density at radius 2 is 1.77 bits per heavy atom. The summed E-state index contributed by atoms with van der Waals surface area (Å²) in [5.41, 5.74) is 5.39. The molecule has 5 rings (SSSR count). The van der Waals surface area contributed by atoms with E-state index in [1.807, 2.05) is 23.6 Å². The van der Waals surface area contributed by atoms with Crippen LogP contribution in [0.1, 0.15) is 72.4 Å². The van der Waals surface area contributed by atoms with Gasteiger partial charge in [0, 0.05) is 51.3 Å². The number of aryl methyl sites for hydroxylation is 2. The fourth-order valence-electron chi connectivity index (χ4n) is 5.52. The standard InChI is InChI=1S/C27H36N6O2/c1-17(2)33-16-22-24(26(33)35)28-27(31-13-11-30(12-14-31)20(5)34)29-25(22)32-10-6-7-23(32)21-9-8-18(3)19(4)15-21/h8-9,15,17,23H,6-7,10-14,16H2,1-5H3. The zero-order valence-electron chi connectivity index (χ0n) is 21.5.